The van der Waals surface area contributed by atoms with Crippen molar-refractivity contribution >= 4 is 24.1 Å². The van der Waals surface area contributed by atoms with Gasteiger partial charge in [0.2, 0.25) is 0 Å². The zero-order chi connectivity index (χ0) is 14.1. The summed E-state index contributed by atoms with van der Waals surface area (Å²) in [5, 5.41) is 13.1. The van der Waals surface area contributed by atoms with Gasteiger partial charge in [0.1, 0.15) is 0 Å². The Labute approximate surface area is 128 Å². The van der Waals surface area contributed by atoms with Gasteiger partial charge in [-0.3, -0.25) is 0 Å². The van der Waals surface area contributed by atoms with E-state index in [-0.39, 0.29) is 14.5 Å². The van der Waals surface area contributed by atoms with Crippen LogP contribution in [-0.4, -0.2) is 29.9 Å². The van der Waals surface area contributed by atoms with Gasteiger partial charge in [0.15, 0.2) is 0 Å². The summed E-state index contributed by atoms with van der Waals surface area (Å²) >= 11 is 0.248. The maximum atomic E-state index is 4.22. The predicted molar refractivity (Wildman–Crippen MR) is 85.1 cm³/mol. The van der Waals surface area contributed by atoms with Crippen molar-refractivity contribution in [1.82, 2.24) is 15.4 Å². The Morgan fingerprint density at radius 3 is 2.43 bits per heavy atom. The fourth-order valence-electron chi connectivity index (χ4n) is 2.48. The summed E-state index contributed by atoms with van der Waals surface area (Å²) in [6.07, 6.45) is 1.71. The predicted octanol–water partition coefficient (Wildman–Crippen LogP) is 3.42. The van der Waals surface area contributed by atoms with Crippen LogP contribution in [0.1, 0.15) is 0 Å². The third-order valence-electron chi connectivity index (χ3n) is 3.39. The summed E-state index contributed by atoms with van der Waals surface area (Å²) in [6.45, 7) is 0. The van der Waals surface area contributed by atoms with Gasteiger partial charge in [-0.1, -0.05) is 0 Å². The molecule has 0 atom stereocenters. The molecule has 0 aliphatic carbocycles. The van der Waals surface area contributed by atoms with Gasteiger partial charge in [-0.05, 0) is 0 Å². The van der Waals surface area contributed by atoms with Gasteiger partial charge in [-0.25, -0.2) is 0 Å². The van der Waals surface area contributed by atoms with Gasteiger partial charge in [0.25, 0.3) is 0 Å². The van der Waals surface area contributed by atoms with Crippen LogP contribution in [-0.2, 0) is 0 Å². The van der Waals surface area contributed by atoms with Crippen LogP contribution in [0.4, 0.5) is 0 Å². The fourth-order valence-corrected chi connectivity index (χ4v) is 4.98. The Morgan fingerprint density at radius 1 is 0.810 bits per heavy atom. The van der Waals surface area contributed by atoms with Crippen LogP contribution in [0.25, 0.3) is 30.9 Å². The number of benzene rings is 2. The number of rotatable bonds is 2. The molecule has 0 N–H and O–H groups in total. The molecule has 0 aliphatic heterocycles. The van der Waals surface area contributed by atoms with Crippen molar-refractivity contribution in [3.05, 3.63) is 66.9 Å². The number of hydrogen-bond donors (Lipinski definition) is 0. The fraction of sp³-hybridized carbons (Fsp3) is 0. The maximum absolute atomic E-state index is 4.22. The SMILES string of the molecule is c1ccc(-c2c(-c3ccnnn3)[se]c3ccccc23)cc1. The third-order valence-corrected chi connectivity index (χ3v) is 5.90. The van der Waals surface area contributed by atoms with Crippen LogP contribution in [0.15, 0.2) is 66.9 Å². The summed E-state index contributed by atoms with van der Waals surface area (Å²) in [6, 6.07) is 21.0. The zero-order valence-electron chi connectivity index (χ0n) is 11.1. The first-order valence-electron chi connectivity index (χ1n) is 6.65. The first kappa shape index (κ1) is 12.5. The molecule has 0 saturated heterocycles. The monoisotopic (exact) mass is 337 g/mol. The minimum absolute atomic E-state index is 0.248. The molecule has 0 spiro atoms. The van der Waals surface area contributed by atoms with Gasteiger partial charge in [0.05, 0.1) is 0 Å². The number of hydrogen-bond acceptors (Lipinski definition) is 3. The van der Waals surface area contributed by atoms with Gasteiger partial charge in [-0.2, -0.15) is 0 Å². The summed E-state index contributed by atoms with van der Waals surface area (Å²) in [4.78, 5) is 0. The van der Waals surface area contributed by atoms with Crippen LogP contribution in [0.2, 0.25) is 0 Å². The minimum atomic E-state index is 0.248. The van der Waals surface area contributed by atoms with E-state index in [4.69, 9.17) is 0 Å². The van der Waals surface area contributed by atoms with Crippen molar-refractivity contribution in [2.24, 2.45) is 0 Å². The van der Waals surface area contributed by atoms with E-state index in [1.165, 1.54) is 25.2 Å². The van der Waals surface area contributed by atoms with Crippen molar-refractivity contribution in [3.63, 3.8) is 0 Å². The molecule has 2 aromatic heterocycles. The van der Waals surface area contributed by atoms with E-state index in [9.17, 15) is 0 Å². The van der Waals surface area contributed by atoms with Gasteiger partial charge < -0.3 is 0 Å². The van der Waals surface area contributed by atoms with Crippen LogP contribution in [0.5, 0.6) is 0 Å². The molecule has 0 bridgehead atoms. The molecule has 100 valence electrons. The quantitative estimate of drug-likeness (QED) is 0.527. The van der Waals surface area contributed by atoms with Crippen molar-refractivity contribution < 1.29 is 0 Å². The van der Waals surface area contributed by atoms with E-state index in [1.54, 1.807) is 6.20 Å². The molecule has 0 saturated carbocycles. The van der Waals surface area contributed by atoms with E-state index >= 15 is 0 Å². The van der Waals surface area contributed by atoms with Crippen LogP contribution in [0, 0.1) is 0 Å². The molecule has 0 fully saturated rings. The third kappa shape index (κ3) is 2.19. The topological polar surface area (TPSA) is 38.7 Å². The van der Waals surface area contributed by atoms with Crippen molar-refractivity contribution in [1.29, 1.82) is 0 Å². The molecule has 4 heteroatoms. The molecular weight excluding hydrogens is 325 g/mol. The Kier molecular flexibility index (Phi) is 3.11. The molecule has 2 aromatic carbocycles. The van der Waals surface area contributed by atoms with Crippen molar-refractivity contribution in [2.45, 2.75) is 0 Å². The average molecular weight is 336 g/mol. The number of nitrogens with zero attached hydrogens (tertiary/aromatic N) is 3. The Balaban J connectivity index is 2.07. The molecule has 4 aromatic rings. The zero-order valence-corrected chi connectivity index (χ0v) is 12.8. The molecular formula is C17H11N3Se. The van der Waals surface area contributed by atoms with E-state index in [0.29, 0.717) is 0 Å². The van der Waals surface area contributed by atoms with E-state index < -0.39 is 0 Å². The molecule has 2 heterocycles. The van der Waals surface area contributed by atoms with Gasteiger partial charge >= 0.3 is 128 Å². The summed E-state index contributed by atoms with van der Waals surface area (Å²) < 4.78 is 2.68. The summed E-state index contributed by atoms with van der Waals surface area (Å²) in [7, 11) is 0. The summed E-state index contributed by atoms with van der Waals surface area (Å²) in [5.74, 6) is 0. The molecule has 4 rings (SSSR count). The molecule has 3 nitrogen and oxygen atoms in total. The van der Waals surface area contributed by atoms with Crippen LogP contribution >= 0.6 is 0 Å². The van der Waals surface area contributed by atoms with Gasteiger partial charge in [-0.15, -0.1) is 0 Å². The van der Waals surface area contributed by atoms with E-state index in [2.05, 4.69) is 63.9 Å². The normalized spacial score (nSPS) is 10.9. The van der Waals surface area contributed by atoms with Gasteiger partial charge in [0, 0.05) is 0 Å². The van der Waals surface area contributed by atoms with Crippen molar-refractivity contribution in [2.75, 3.05) is 0 Å². The second-order valence-electron chi connectivity index (χ2n) is 4.67. The van der Waals surface area contributed by atoms with Crippen molar-refractivity contribution in [3.8, 4) is 21.3 Å². The van der Waals surface area contributed by atoms with E-state index in [0.717, 1.165) is 5.69 Å². The number of fused-ring (bicyclic) bond motifs is 1. The molecule has 0 aliphatic rings. The second kappa shape index (κ2) is 5.24. The molecule has 0 amide bonds. The average Bonchev–Trinajstić information content (AvgIpc) is 2.96. The Hall–Kier alpha value is -2.29. The van der Waals surface area contributed by atoms with Crippen LogP contribution in [0.3, 0.4) is 0 Å². The molecule has 21 heavy (non-hydrogen) atoms. The second-order valence-corrected chi connectivity index (χ2v) is 6.88. The Bertz CT molecular complexity index is 886. The summed E-state index contributed by atoms with van der Waals surface area (Å²) in [5.41, 5.74) is 3.45. The number of aromatic nitrogens is 3. The van der Waals surface area contributed by atoms with Crippen LogP contribution < -0.4 is 0 Å². The first-order valence-corrected chi connectivity index (χ1v) is 8.36. The standard InChI is InChI=1S/C17H11N3Se/c1-2-6-12(7-3-1)16-13-8-4-5-9-15(13)21-17(16)14-10-11-18-20-19-14/h1-11H. The Morgan fingerprint density at radius 2 is 1.62 bits per heavy atom. The molecule has 0 unspecified atom stereocenters. The van der Waals surface area contributed by atoms with E-state index in [1.807, 2.05) is 12.1 Å². The molecule has 0 radical (unpaired) electrons. The first-order chi connectivity index (χ1) is 10.4.